The topological polar surface area (TPSA) is 61.7 Å². The van der Waals surface area contributed by atoms with Crippen LogP contribution in [-0.2, 0) is 4.74 Å². The molecule has 96 valence electrons. The van der Waals surface area contributed by atoms with Crippen molar-refractivity contribution in [1.29, 1.82) is 0 Å². The normalized spacial score (nSPS) is 12.8. The third kappa shape index (κ3) is 20.0. The van der Waals surface area contributed by atoms with Gasteiger partial charge in [0.25, 0.3) is 0 Å². The number of hydrogen-bond donors (Lipinski definition) is 3. The van der Waals surface area contributed by atoms with E-state index in [2.05, 4.69) is 5.32 Å². The molecule has 0 aromatic rings. The van der Waals surface area contributed by atoms with E-state index >= 15 is 0 Å². The molecule has 2 atom stereocenters. The van der Waals surface area contributed by atoms with Gasteiger partial charge in [-0.25, -0.2) is 0 Å². The molecule has 0 rings (SSSR count). The summed E-state index contributed by atoms with van der Waals surface area (Å²) in [6.07, 6.45) is 1.14. The smallest absolute Gasteiger partial charge is 0.154 e. The van der Waals surface area contributed by atoms with Gasteiger partial charge in [-0.05, 0) is 33.4 Å². The molecule has 0 saturated carbocycles. The van der Waals surface area contributed by atoms with Crippen molar-refractivity contribution in [1.82, 2.24) is 5.32 Å². The largest absolute Gasteiger partial charge is 0.400 e. The van der Waals surface area contributed by atoms with E-state index in [1.54, 1.807) is 0 Å². The molecule has 4 heteroatoms. The number of nitrogens with one attached hydrogen (secondary N) is 1. The Labute approximate surface area is 94.7 Å². The summed E-state index contributed by atoms with van der Waals surface area (Å²) in [5.74, 6) is 0. The molecule has 0 aliphatic rings. The molecule has 4 nitrogen and oxygen atoms in total. The monoisotopic (exact) mass is 223 g/mol. The van der Waals surface area contributed by atoms with Crippen LogP contribution in [0, 0.1) is 0 Å². The lowest BCUT2D eigenvalue weighted by atomic mass is 10.3. The molecule has 0 amide bonds. The van der Waals surface area contributed by atoms with Gasteiger partial charge in [-0.1, -0.05) is 20.8 Å². The van der Waals surface area contributed by atoms with Crippen LogP contribution in [-0.4, -0.2) is 43.3 Å². The summed E-state index contributed by atoms with van der Waals surface area (Å²) in [5, 5.41) is 19.1. The van der Waals surface area contributed by atoms with Gasteiger partial charge in [0.1, 0.15) is 0 Å². The fraction of sp³-hybridized carbons (Fsp3) is 1.00. The Hall–Kier alpha value is -0.160. The summed E-state index contributed by atoms with van der Waals surface area (Å²) in [4.78, 5) is 0. The average Bonchev–Trinajstić information content (AvgIpc) is 2.31. The number of aliphatic hydroxyl groups excluding tert-OH is 2. The van der Waals surface area contributed by atoms with Crippen LogP contribution in [0.4, 0.5) is 0 Å². The maximum atomic E-state index is 9.09. The van der Waals surface area contributed by atoms with Crippen molar-refractivity contribution in [2.75, 3.05) is 20.7 Å². The zero-order valence-corrected chi connectivity index (χ0v) is 11.1. The van der Waals surface area contributed by atoms with Crippen molar-refractivity contribution in [3.63, 3.8) is 0 Å². The second-order valence-corrected chi connectivity index (χ2v) is 2.70. The second kappa shape index (κ2) is 19.4. The molecular weight excluding hydrogens is 194 g/mol. The fourth-order valence-corrected chi connectivity index (χ4v) is 0.780. The maximum absolute atomic E-state index is 9.09. The number of hydrogen-bond acceptors (Lipinski definition) is 4. The molecule has 1 unspecified atom stereocenters. The Morgan fingerprint density at radius 3 is 2.07 bits per heavy atom. The minimum Gasteiger partial charge on any atom is -0.400 e. The summed E-state index contributed by atoms with van der Waals surface area (Å²) in [6, 6.07) is 0. The van der Waals surface area contributed by atoms with Gasteiger partial charge in [0.05, 0.1) is 6.10 Å². The lowest BCUT2D eigenvalue weighted by Gasteiger charge is -2.16. The Bertz CT molecular complexity index is 91.9. The van der Waals surface area contributed by atoms with E-state index in [9.17, 15) is 0 Å². The molecule has 0 spiro atoms. The molecule has 3 N–H and O–H groups in total. The van der Waals surface area contributed by atoms with Gasteiger partial charge >= 0.3 is 0 Å². The van der Waals surface area contributed by atoms with Gasteiger partial charge in [-0.3, -0.25) is 0 Å². The molecule has 0 radical (unpaired) electrons. The van der Waals surface area contributed by atoms with E-state index in [1.165, 1.54) is 0 Å². The van der Waals surface area contributed by atoms with Gasteiger partial charge in [0.2, 0.25) is 0 Å². The first-order chi connectivity index (χ1) is 7.20. The zero-order valence-electron chi connectivity index (χ0n) is 11.1. The van der Waals surface area contributed by atoms with Crippen molar-refractivity contribution in [3.8, 4) is 0 Å². The molecule has 0 aromatic heterocycles. The first-order valence-corrected chi connectivity index (χ1v) is 5.63. The second-order valence-electron chi connectivity index (χ2n) is 2.70. The summed E-state index contributed by atoms with van der Waals surface area (Å²) in [6.45, 7) is 8.79. The fourth-order valence-electron chi connectivity index (χ4n) is 0.780. The summed E-state index contributed by atoms with van der Waals surface area (Å²) in [5.41, 5.74) is 0. The van der Waals surface area contributed by atoms with Gasteiger partial charge in [0, 0.05) is 7.11 Å². The summed E-state index contributed by atoms with van der Waals surface area (Å²) < 4.78 is 5.22. The highest BCUT2D eigenvalue weighted by atomic mass is 16.6. The first kappa shape index (κ1) is 20.3. The Morgan fingerprint density at radius 1 is 1.27 bits per heavy atom. The summed E-state index contributed by atoms with van der Waals surface area (Å²) in [7, 11) is 2.91. The highest BCUT2D eigenvalue weighted by molar-refractivity contribution is 4.52. The van der Waals surface area contributed by atoms with Gasteiger partial charge in [-0.2, -0.15) is 0 Å². The zero-order chi connectivity index (χ0) is 12.7. The van der Waals surface area contributed by atoms with E-state index in [-0.39, 0.29) is 6.10 Å². The molecule has 0 bridgehead atoms. The van der Waals surface area contributed by atoms with Crippen LogP contribution in [0.25, 0.3) is 0 Å². The van der Waals surface area contributed by atoms with Crippen LogP contribution >= 0.6 is 0 Å². The van der Waals surface area contributed by atoms with Crippen LogP contribution in [0.2, 0.25) is 0 Å². The Balaban J connectivity index is -0.000000318. The molecule has 0 aliphatic heterocycles. The predicted octanol–water partition coefficient (Wildman–Crippen LogP) is 1.36. The molecule has 0 aromatic carbocycles. The minimum atomic E-state index is -0.596. The molecule has 0 fully saturated rings. The SMILES string of the molecule is CC.CCC(O)O[C@H](C)CCNC.CO. The molecule has 15 heavy (non-hydrogen) atoms. The van der Waals surface area contributed by atoms with Crippen LogP contribution < -0.4 is 5.32 Å². The Morgan fingerprint density at radius 2 is 1.73 bits per heavy atom. The predicted molar refractivity (Wildman–Crippen MR) is 64.9 cm³/mol. The minimum absolute atomic E-state index is 0.136. The molecule has 0 aliphatic carbocycles. The van der Waals surface area contributed by atoms with Crippen LogP contribution in [0.5, 0.6) is 0 Å². The van der Waals surface area contributed by atoms with Crippen molar-refractivity contribution in [2.45, 2.75) is 52.9 Å². The standard InChI is InChI=1S/C8H19NO2.C2H6.CH4O/c1-4-8(10)11-7(2)5-6-9-3;2*1-2/h7-10H,4-6H2,1-3H3;1-2H3;2H,1H3/t7-,8?;;/m1../s1. The van der Waals surface area contributed by atoms with Crippen LogP contribution in [0.15, 0.2) is 0 Å². The van der Waals surface area contributed by atoms with Crippen molar-refractivity contribution < 1.29 is 14.9 Å². The van der Waals surface area contributed by atoms with Crippen molar-refractivity contribution in [3.05, 3.63) is 0 Å². The quantitative estimate of drug-likeness (QED) is 0.595. The number of rotatable bonds is 6. The lowest BCUT2D eigenvalue weighted by molar-refractivity contribution is -0.132. The van der Waals surface area contributed by atoms with E-state index < -0.39 is 6.29 Å². The highest BCUT2D eigenvalue weighted by Crippen LogP contribution is 2.01. The first-order valence-electron chi connectivity index (χ1n) is 5.63. The van der Waals surface area contributed by atoms with Crippen molar-refractivity contribution in [2.24, 2.45) is 0 Å². The average molecular weight is 223 g/mol. The Kier molecular flexibility index (Phi) is 26.2. The molecular formula is C11H29NO3. The van der Waals surface area contributed by atoms with E-state index in [0.29, 0.717) is 6.42 Å². The number of ether oxygens (including phenoxy) is 1. The van der Waals surface area contributed by atoms with Gasteiger partial charge < -0.3 is 20.3 Å². The van der Waals surface area contributed by atoms with Gasteiger partial charge in [-0.15, -0.1) is 0 Å². The van der Waals surface area contributed by atoms with E-state index in [0.717, 1.165) is 20.1 Å². The third-order valence-corrected chi connectivity index (χ3v) is 1.54. The highest BCUT2D eigenvalue weighted by Gasteiger charge is 2.06. The third-order valence-electron chi connectivity index (χ3n) is 1.54. The molecule has 0 saturated heterocycles. The van der Waals surface area contributed by atoms with Crippen LogP contribution in [0.1, 0.15) is 40.5 Å². The van der Waals surface area contributed by atoms with E-state index in [1.807, 2.05) is 34.7 Å². The number of aliphatic hydroxyl groups is 2. The molecule has 0 heterocycles. The van der Waals surface area contributed by atoms with Gasteiger partial charge in [0.15, 0.2) is 6.29 Å². The maximum Gasteiger partial charge on any atom is 0.154 e. The lowest BCUT2D eigenvalue weighted by Crippen LogP contribution is -2.22. The van der Waals surface area contributed by atoms with E-state index in [4.69, 9.17) is 14.9 Å². The summed E-state index contributed by atoms with van der Waals surface area (Å²) >= 11 is 0. The van der Waals surface area contributed by atoms with Crippen molar-refractivity contribution >= 4 is 0 Å². The van der Waals surface area contributed by atoms with Crippen LogP contribution in [0.3, 0.4) is 0 Å².